The summed E-state index contributed by atoms with van der Waals surface area (Å²) in [5.74, 6) is 0. The van der Waals surface area contributed by atoms with Crippen LogP contribution in [0.5, 0.6) is 0 Å². The maximum Gasteiger partial charge on any atom is 0.435 e. The van der Waals surface area contributed by atoms with E-state index in [4.69, 9.17) is 11.6 Å². The number of hydrogen-bond donors (Lipinski definition) is 1. The average molecular weight is 390 g/mol. The van der Waals surface area contributed by atoms with Crippen molar-refractivity contribution in [3.05, 3.63) is 88.7 Å². The van der Waals surface area contributed by atoms with Crippen LogP contribution >= 0.6 is 11.6 Å². The van der Waals surface area contributed by atoms with Crippen LogP contribution < -0.4 is 5.32 Å². The minimum Gasteiger partial charge on any atom is -0.376 e. The summed E-state index contributed by atoms with van der Waals surface area (Å²) in [4.78, 5) is 0. The van der Waals surface area contributed by atoms with Gasteiger partial charge < -0.3 is 5.32 Å². The Labute approximate surface area is 159 Å². The lowest BCUT2D eigenvalue weighted by Gasteiger charge is -2.15. The molecular weight excluding hydrogens is 375 g/mol. The molecule has 1 N–H and O–H groups in total. The van der Waals surface area contributed by atoms with E-state index in [-0.39, 0.29) is 6.04 Å². The highest BCUT2D eigenvalue weighted by atomic mass is 35.5. The largest absolute Gasteiger partial charge is 0.435 e. The predicted molar refractivity (Wildman–Crippen MR) is 98.5 cm³/mol. The van der Waals surface area contributed by atoms with Crippen LogP contribution in [-0.4, -0.2) is 9.78 Å². The van der Waals surface area contributed by atoms with Crippen molar-refractivity contribution in [3.63, 3.8) is 0 Å². The molecule has 1 unspecified atom stereocenters. The predicted octanol–water partition coefficient (Wildman–Crippen LogP) is 5.62. The lowest BCUT2D eigenvalue weighted by atomic mass is 10.1. The summed E-state index contributed by atoms with van der Waals surface area (Å²) in [5, 5.41) is 7.42. The molecule has 0 radical (unpaired) electrons. The van der Waals surface area contributed by atoms with Gasteiger partial charge in [-0.05, 0) is 30.2 Å². The van der Waals surface area contributed by atoms with Gasteiger partial charge in [-0.1, -0.05) is 60.1 Å². The second-order valence-corrected chi connectivity index (χ2v) is 6.64. The first-order valence-corrected chi connectivity index (χ1v) is 8.75. The van der Waals surface area contributed by atoms with E-state index < -0.39 is 11.9 Å². The van der Waals surface area contributed by atoms with Crippen LogP contribution in [0.1, 0.15) is 29.4 Å². The zero-order valence-corrected chi connectivity index (χ0v) is 14.8. The van der Waals surface area contributed by atoms with E-state index in [2.05, 4.69) is 10.4 Å². The Morgan fingerprint density at radius 3 is 2.44 bits per heavy atom. The molecule has 0 saturated carbocycles. The molecule has 2 heterocycles. The lowest BCUT2D eigenvalue weighted by Crippen LogP contribution is -2.16. The molecule has 3 nitrogen and oxygen atoms in total. The molecule has 1 atom stereocenters. The standard InChI is InChI=1S/C20H15ClF3N3/c21-14-8-4-5-9-17(14)27-18(12-19(26-27)20(22,23)24)16-11-10-15(25-16)13-6-2-1-3-7-13/h1-9,11-12,15,25H,10H2. The highest BCUT2D eigenvalue weighted by Gasteiger charge is 2.36. The van der Waals surface area contributed by atoms with Gasteiger partial charge in [-0.25, -0.2) is 4.68 Å². The fourth-order valence-electron chi connectivity index (χ4n) is 3.14. The number of halogens is 4. The van der Waals surface area contributed by atoms with E-state index in [1.807, 2.05) is 36.4 Å². The van der Waals surface area contributed by atoms with Crippen molar-refractivity contribution < 1.29 is 13.2 Å². The van der Waals surface area contributed by atoms with Crippen molar-refractivity contribution >= 4 is 17.3 Å². The maximum atomic E-state index is 13.3. The summed E-state index contributed by atoms with van der Waals surface area (Å²) < 4.78 is 41.1. The SMILES string of the molecule is FC(F)(F)c1cc(C2=CCC(c3ccccc3)N2)n(-c2ccccc2Cl)n1. The van der Waals surface area contributed by atoms with Crippen LogP contribution in [0.25, 0.3) is 11.4 Å². The summed E-state index contributed by atoms with van der Waals surface area (Å²) in [6, 6.07) is 17.5. The third kappa shape index (κ3) is 3.45. The summed E-state index contributed by atoms with van der Waals surface area (Å²) in [7, 11) is 0. The van der Waals surface area contributed by atoms with Crippen LogP contribution in [0.2, 0.25) is 5.02 Å². The Hall–Kier alpha value is -2.73. The Kier molecular flexibility index (Phi) is 4.44. The molecule has 7 heteroatoms. The summed E-state index contributed by atoms with van der Waals surface area (Å²) in [6.07, 6.45) is -1.98. The molecule has 3 aromatic rings. The fraction of sp³-hybridized carbons (Fsp3) is 0.150. The van der Waals surface area contributed by atoms with Crippen molar-refractivity contribution in [2.45, 2.75) is 18.6 Å². The van der Waals surface area contributed by atoms with Crippen LogP contribution in [0.4, 0.5) is 13.2 Å². The zero-order chi connectivity index (χ0) is 19.0. The molecule has 0 aliphatic carbocycles. The summed E-state index contributed by atoms with van der Waals surface area (Å²) >= 11 is 6.20. The number of nitrogens with one attached hydrogen (secondary N) is 1. The minimum atomic E-state index is -4.54. The Morgan fingerprint density at radius 2 is 1.74 bits per heavy atom. The van der Waals surface area contributed by atoms with Crippen LogP contribution in [0.15, 0.2) is 66.7 Å². The van der Waals surface area contributed by atoms with Crippen molar-refractivity contribution in [1.82, 2.24) is 15.1 Å². The van der Waals surface area contributed by atoms with E-state index in [9.17, 15) is 13.2 Å². The van der Waals surface area contributed by atoms with Gasteiger partial charge in [0.1, 0.15) is 0 Å². The fourth-order valence-corrected chi connectivity index (χ4v) is 3.36. The molecular formula is C20H15ClF3N3. The quantitative estimate of drug-likeness (QED) is 0.630. The first-order valence-electron chi connectivity index (χ1n) is 8.37. The van der Waals surface area contributed by atoms with E-state index >= 15 is 0 Å². The molecule has 0 bridgehead atoms. The zero-order valence-electron chi connectivity index (χ0n) is 14.0. The smallest absolute Gasteiger partial charge is 0.376 e. The van der Waals surface area contributed by atoms with Crippen molar-refractivity contribution in [3.8, 4) is 5.69 Å². The molecule has 1 aliphatic rings. The van der Waals surface area contributed by atoms with Crippen LogP contribution in [0.3, 0.4) is 0 Å². The third-order valence-electron chi connectivity index (χ3n) is 4.45. The number of rotatable bonds is 3. The molecule has 27 heavy (non-hydrogen) atoms. The molecule has 0 fully saturated rings. The maximum absolute atomic E-state index is 13.3. The van der Waals surface area contributed by atoms with E-state index in [1.54, 1.807) is 24.3 Å². The van der Waals surface area contributed by atoms with Gasteiger partial charge >= 0.3 is 6.18 Å². The monoisotopic (exact) mass is 389 g/mol. The minimum absolute atomic E-state index is 0.00475. The Bertz CT molecular complexity index is 993. The molecule has 0 amide bonds. The molecule has 0 saturated heterocycles. The molecule has 1 aromatic heterocycles. The number of nitrogens with zero attached hydrogens (tertiary/aromatic N) is 2. The van der Waals surface area contributed by atoms with Gasteiger partial charge in [0, 0.05) is 0 Å². The van der Waals surface area contributed by atoms with Crippen LogP contribution in [0, 0.1) is 0 Å². The first-order chi connectivity index (χ1) is 12.9. The second-order valence-electron chi connectivity index (χ2n) is 6.24. The molecule has 1 aliphatic heterocycles. The first kappa shape index (κ1) is 17.7. The number of benzene rings is 2. The lowest BCUT2D eigenvalue weighted by molar-refractivity contribution is -0.141. The number of aromatic nitrogens is 2. The van der Waals surface area contributed by atoms with Crippen molar-refractivity contribution in [2.24, 2.45) is 0 Å². The normalized spacial score (nSPS) is 16.9. The average Bonchev–Trinajstić information content (AvgIpc) is 3.30. The number of alkyl halides is 3. The van der Waals surface area contributed by atoms with Gasteiger partial charge in [-0.2, -0.15) is 18.3 Å². The van der Waals surface area contributed by atoms with E-state index in [0.717, 1.165) is 11.6 Å². The van der Waals surface area contributed by atoms with Crippen LogP contribution in [-0.2, 0) is 6.18 Å². The second kappa shape index (κ2) is 6.78. The Morgan fingerprint density at radius 1 is 1.04 bits per heavy atom. The highest BCUT2D eigenvalue weighted by Crippen LogP contribution is 2.35. The van der Waals surface area contributed by atoms with Crippen molar-refractivity contribution in [1.29, 1.82) is 0 Å². The molecule has 138 valence electrons. The molecule has 4 rings (SSSR count). The van der Waals surface area contributed by atoms with Gasteiger partial charge in [-0.15, -0.1) is 0 Å². The van der Waals surface area contributed by atoms with Gasteiger partial charge in [0.05, 0.1) is 28.1 Å². The Balaban J connectivity index is 1.74. The van der Waals surface area contributed by atoms with Gasteiger partial charge in [0.25, 0.3) is 0 Å². The summed E-state index contributed by atoms with van der Waals surface area (Å²) in [6.45, 7) is 0. The molecule has 0 spiro atoms. The number of hydrogen-bond acceptors (Lipinski definition) is 2. The van der Waals surface area contributed by atoms with Gasteiger partial charge in [0.15, 0.2) is 5.69 Å². The summed E-state index contributed by atoms with van der Waals surface area (Å²) in [5.41, 5.74) is 1.45. The molecule has 2 aromatic carbocycles. The van der Waals surface area contributed by atoms with E-state index in [1.165, 1.54) is 4.68 Å². The van der Waals surface area contributed by atoms with Gasteiger partial charge in [0.2, 0.25) is 0 Å². The highest BCUT2D eigenvalue weighted by molar-refractivity contribution is 6.32. The van der Waals surface area contributed by atoms with Gasteiger partial charge in [-0.3, -0.25) is 0 Å². The number of para-hydroxylation sites is 1. The van der Waals surface area contributed by atoms with Crippen molar-refractivity contribution in [2.75, 3.05) is 0 Å². The third-order valence-corrected chi connectivity index (χ3v) is 4.77. The van der Waals surface area contributed by atoms with E-state index in [0.29, 0.717) is 28.5 Å². The topological polar surface area (TPSA) is 29.9 Å².